The molecule has 1 atom stereocenters. The smallest absolute Gasteiger partial charge is 0.184 e. The van der Waals surface area contributed by atoms with Crippen LogP contribution < -0.4 is 11.1 Å². The van der Waals surface area contributed by atoms with Gasteiger partial charge in [-0.05, 0) is 49.3 Å². The van der Waals surface area contributed by atoms with Crippen molar-refractivity contribution in [3.05, 3.63) is 29.7 Å². The summed E-state index contributed by atoms with van der Waals surface area (Å²) in [6.45, 7) is 6.87. The monoisotopic (exact) mass is 379 g/mol. The second kappa shape index (κ2) is 7.47. The first-order valence-electron chi connectivity index (χ1n) is 10.1. The normalized spacial score (nSPS) is 15.8. The maximum Gasteiger partial charge on any atom is 0.184 e. The molecule has 0 spiro atoms. The molecular formula is C21H29N7. The molecule has 0 aliphatic heterocycles. The lowest BCUT2D eigenvalue weighted by molar-refractivity contribution is 0.285. The van der Waals surface area contributed by atoms with E-state index in [4.69, 9.17) is 10.7 Å². The van der Waals surface area contributed by atoms with Crippen LogP contribution in [0.25, 0.3) is 22.7 Å². The van der Waals surface area contributed by atoms with Gasteiger partial charge in [0.05, 0.1) is 6.54 Å². The highest BCUT2D eigenvalue weighted by atomic mass is 15.2. The SMILES string of the molecule is CC(C)c1ccnc(-c2nc3nc(CN)nc(NC(C)C4CCC4)c3n2C)c1. The molecule has 7 nitrogen and oxygen atoms in total. The Bertz CT molecular complexity index is 988. The zero-order valence-corrected chi connectivity index (χ0v) is 17.1. The van der Waals surface area contributed by atoms with E-state index >= 15 is 0 Å². The Labute approximate surface area is 165 Å². The Morgan fingerprint density at radius 2 is 2.00 bits per heavy atom. The zero-order chi connectivity index (χ0) is 19.8. The Kier molecular flexibility index (Phi) is 5.02. The number of aryl methyl sites for hydroxylation is 1. The summed E-state index contributed by atoms with van der Waals surface area (Å²) in [7, 11) is 2.00. The number of pyridine rings is 1. The first-order valence-corrected chi connectivity index (χ1v) is 10.1. The molecule has 0 amide bonds. The van der Waals surface area contributed by atoms with Gasteiger partial charge in [-0.1, -0.05) is 20.3 Å². The molecule has 1 unspecified atom stereocenters. The number of rotatable bonds is 6. The van der Waals surface area contributed by atoms with Gasteiger partial charge < -0.3 is 15.6 Å². The van der Waals surface area contributed by atoms with Crippen LogP contribution in [0.2, 0.25) is 0 Å². The Morgan fingerprint density at radius 1 is 1.21 bits per heavy atom. The van der Waals surface area contributed by atoms with Crippen molar-refractivity contribution in [2.45, 2.75) is 58.5 Å². The Morgan fingerprint density at radius 3 is 2.64 bits per heavy atom. The zero-order valence-electron chi connectivity index (χ0n) is 17.1. The minimum absolute atomic E-state index is 0.287. The molecule has 0 radical (unpaired) electrons. The van der Waals surface area contributed by atoms with Crippen molar-refractivity contribution >= 4 is 17.0 Å². The maximum atomic E-state index is 5.85. The predicted molar refractivity (Wildman–Crippen MR) is 112 cm³/mol. The Balaban J connectivity index is 1.81. The quantitative estimate of drug-likeness (QED) is 0.679. The number of nitrogens with zero attached hydrogens (tertiary/aromatic N) is 5. The van der Waals surface area contributed by atoms with E-state index in [1.165, 1.54) is 24.8 Å². The van der Waals surface area contributed by atoms with Gasteiger partial charge in [-0.25, -0.2) is 15.0 Å². The molecule has 1 saturated carbocycles. The first-order chi connectivity index (χ1) is 13.5. The molecule has 0 saturated heterocycles. The van der Waals surface area contributed by atoms with Crippen LogP contribution in [0.3, 0.4) is 0 Å². The molecule has 3 aromatic rings. The molecule has 3 heterocycles. The molecule has 1 aliphatic carbocycles. The lowest BCUT2D eigenvalue weighted by Gasteiger charge is -2.32. The van der Waals surface area contributed by atoms with Gasteiger partial charge in [-0.15, -0.1) is 0 Å². The van der Waals surface area contributed by atoms with E-state index < -0.39 is 0 Å². The van der Waals surface area contributed by atoms with E-state index in [-0.39, 0.29) is 6.54 Å². The average Bonchev–Trinajstić information content (AvgIpc) is 2.97. The molecular weight excluding hydrogens is 350 g/mol. The fourth-order valence-electron chi connectivity index (χ4n) is 3.78. The van der Waals surface area contributed by atoms with Crippen molar-refractivity contribution in [1.29, 1.82) is 0 Å². The number of imidazole rings is 1. The third kappa shape index (κ3) is 3.35. The minimum atomic E-state index is 0.287. The summed E-state index contributed by atoms with van der Waals surface area (Å²) < 4.78 is 2.04. The number of fused-ring (bicyclic) bond motifs is 1. The molecule has 3 N–H and O–H groups in total. The van der Waals surface area contributed by atoms with E-state index in [2.05, 4.69) is 53.2 Å². The molecule has 0 bridgehead atoms. The second-order valence-electron chi connectivity index (χ2n) is 8.11. The molecule has 148 valence electrons. The summed E-state index contributed by atoms with van der Waals surface area (Å²) in [6, 6.07) is 4.52. The van der Waals surface area contributed by atoms with Gasteiger partial charge in [0.15, 0.2) is 17.3 Å². The van der Waals surface area contributed by atoms with E-state index in [1.807, 2.05) is 17.8 Å². The van der Waals surface area contributed by atoms with Crippen LogP contribution in [0.15, 0.2) is 18.3 Å². The minimum Gasteiger partial charge on any atom is -0.365 e. The van der Waals surface area contributed by atoms with Gasteiger partial charge in [0.25, 0.3) is 0 Å². The van der Waals surface area contributed by atoms with Crippen molar-refractivity contribution < 1.29 is 0 Å². The number of hydrogen-bond donors (Lipinski definition) is 2. The van der Waals surface area contributed by atoms with Crippen molar-refractivity contribution in [2.75, 3.05) is 5.32 Å². The summed E-state index contributed by atoms with van der Waals surface area (Å²) in [4.78, 5) is 18.6. The van der Waals surface area contributed by atoms with Gasteiger partial charge >= 0.3 is 0 Å². The maximum absolute atomic E-state index is 5.85. The van der Waals surface area contributed by atoms with Crippen molar-refractivity contribution in [3.63, 3.8) is 0 Å². The third-order valence-corrected chi connectivity index (χ3v) is 5.86. The van der Waals surface area contributed by atoms with Crippen LogP contribution in [0.5, 0.6) is 0 Å². The summed E-state index contributed by atoms with van der Waals surface area (Å²) in [6.07, 6.45) is 5.71. The molecule has 0 aromatic carbocycles. The molecule has 7 heteroatoms. The third-order valence-electron chi connectivity index (χ3n) is 5.86. The van der Waals surface area contributed by atoms with E-state index in [0.717, 1.165) is 22.9 Å². The average molecular weight is 380 g/mol. The molecule has 1 fully saturated rings. The van der Waals surface area contributed by atoms with Crippen LogP contribution in [0.4, 0.5) is 5.82 Å². The summed E-state index contributed by atoms with van der Waals surface area (Å²) >= 11 is 0. The van der Waals surface area contributed by atoms with Crippen molar-refractivity contribution in [2.24, 2.45) is 18.7 Å². The van der Waals surface area contributed by atoms with Gasteiger partial charge in [-0.2, -0.15) is 0 Å². The number of aromatic nitrogens is 5. The fraction of sp³-hybridized carbons (Fsp3) is 0.524. The number of anilines is 1. The molecule has 28 heavy (non-hydrogen) atoms. The van der Waals surface area contributed by atoms with Gasteiger partial charge in [0, 0.05) is 19.3 Å². The predicted octanol–water partition coefficient (Wildman–Crippen LogP) is 3.61. The second-order valence-corrected chi connectivity index (χ2v) is 8.11. The summed E-state index contributed by atoms with van der Waals surface area (Å²) in [5.41, 5.74) is 9.49. The topological polar surface area (TPSA) is 94.5 Å². The van der Waals surface area contributed by atoms with E-state index in [1.54, 1.807) is 0 Å². The number of nitrogens with one attached hydrogen (secondary N) is 1. The van der Waals surface area contributed by atoms with Crippen LogP contribution in [0.1, 0.15) is 57.3 Å². The van der Waals surface area contributed by atoms with E-state index in [9.17, 15) is 0 Å². The summed E-state index contributed by atoms with van der Waals surface area (Å²) in [5.74, 6) is 3.33. The number of hydrogen-bond acceptors (Lipinski definition) is 6. The number of nitrogens with two attached hydrogens (primary N) is 1. The van der Waals surface area contributed by atoms with Crippen molar-refractivity contribution in [1.82, 2.24) is 24.5 Å². The van der Waals surface area contributed by atoms with Crippen LogP contribution in [-0.2, 0) is 13.6 Å². The molecule has 4 rings (SSSR count). The summed E-state index contributed by atoms with van der Waals surface area (Å²) in [5, 5.41) is 3.61. The largest absolute Gasteiger partial charge is 0.365 e. The lowest BCUT2D eigenvalue weighted by Crippen LogP contribution is -2.31. The Hall–Kier alpha value is -2.54. The van der Waals surface area contributed by atoms with Crippen molar-refractivity contribution in [3.8, 4) is 11.5 Å². The highest BCUT2D eigenvalue weighted by Crippen LogP contribution is 2.33. The van der Waals surface area contributed by atoms with Gasteiger partial charge in [0.2, 0.25) is 0 Å². The highest BCUT2D eigenvalue weighted by Gasteiger charge is 2.26. The van der Waals surface area contributed by atoms with Crippen LogP contribution >= 0.6 is 0 Å². The first kappa shape index (κ1) is 18.8. The lowest BCUT2D eigenvalue weighted by atomic mass is 9.80. The standard InChI is InChI=1S/C21H29N7/c1-12(2)15-8-9-23-16(10-15)21-27-20-18(28(21)4)19(25-17(11-22)26-20)24-13(3)14-6-5-7-14/h8-10,12-14H,5-7,11,22H2,1-4H3,(H,24,25,26). The van der Waals surface area contributed by atoms with Crippen LogP contribution in [0, 0.1) is 5.92 Å². The molecule has 3 aromatic heterocycles. The fourth-order valence-corrected chi connectivity index (χ4v) is 3.78. The van der Waals surface area contributed by atoms with E-state index in [0.29, 0.717) is 29.3 Å². The highest BCUT2D eigenvalue weighted by molar-refractivity contribution is 5.86. The van der Waals surface area contributed by atoms with Crippen LogP contribution in [-0.4, -0.2) is 30.5 Å². The molecule has 1 aliphatic rings. The van der Waals surface area contributed by atoms with Gasteiger partial charge in [-0.3, -0.25) is 4.98 Å². The van der Waals surface area contributed by atoms with Gasteiger partial charge in [0.1, 0.15) is 17.0 Å².